The summed E-state index contributed by atoms with van der Waals surface area (Å²) < 4.78 is 0. The zero-order valence-corrected chi connectivity index (χ0v) is 12.1. The highest BCUT2D eigenvalue weighted by atomic mass is 16.4. The van der Waals surface area contributed by atoms with Crippen molar-refractivity contribution in [3.8, 4) is 16.9 Å². The van der Waals surface area contributed by atoms with Gasteiger partial charge in [0.05, 0.1) is 11.1 Å². The van der Waals surface area contributed by atoms with Gasteiger partial charge in [-0.1, -0.05) is 30.3 Å². The summed E-state index contributed by atoms with van der Waals surface area (Å²) in [5, 5.41) is 21.0. The Morgan fingerprint density at radius 2 is 1.65 bits per heavy atom. The van der Waals surface area contributed by atoms with Crippen LogP contribution in [0.2, 0.25) is 0 Å². The molecule has 0 spiro atoms. The minimum absolute atomic E-state index is 0.191. The predicted molar refractivity (Wildman–Crippen MR) is 89.9 cm³/mol. The third-order valence-corrected chi connectivity index (χ3v) is 4.05. The Labute approximate surface area is 131 Å². The van der Waals surface area contributed by atoms with Crippen LogP contribution in [0.1, 0.15) is 10.4 Å². The van der Waals surface area contributed by atoms with Gasteiger partial charge in [0, 0.05) is 22.4 Å². The van der Waals surface area contributed by atoms with Gasteiger partial charge in [0.25, 0.3) is 0 Å². The smallest absolute Gasteiger partial charge is 0.336 e. The fourth-order valence-corrected chi connectivity index (χ4v) is 3.07. The summed E-state index contributed by atoms with van der Waals surface area (Å²) in [5.41, 5.74) is 3.54. The van der Waals surface area contributed by atoms with E-state index in [0.29, 0.717) is 5.56 Å². The topological polar surface area (TPSA) is 73.3 Å². The molecule has 1 heterocycles. The second kappa shape index (κ2) is 4.88. The summed E-state index contributed by atoms with van der Waals surface area (Å²) in [7, 11) is 0. The normalized spacial score (nSPS) is 11.1. The number of aromatic amines is 1. The van der Waals surface area contributed by atoms with Crippen LogP contribution >= 0.6 is 0 Å². The van der Waals surface area contributed by atoms with Crippen molar-refractivity contribution >= 4 is 27.8 Å². The molecular formula is C19H13NO3. The van der Waals surface area contributed by atoms with Gasteiger partial charge in [-0.2, -0.15) is 0 Å². The van der Waals surface area contributed by atoms with Crippen molar-refractivity contribution in [2.45, 2.75) is 0 Å². The van der Waals surface area contributed by atoms with Crippen LogP contribution in [-0.2, 0) is 0 Å². The number of aromatic carboxylic acids is 1. The number of carbonyl (C=O) groups is 1. The first-order valence-corrected chi connectivity index (χ1v) is 7.21. The average molecular weight is 303 g/mol. The lowest BCUT2D eigenvalue weighted by atomic mass is 9.95. The van der Waals surface area contributed by atoms with Crippen molar-refractivity contribution in [1.82, 2.24) is 4.98 Å². The van der Waals surface area contributed by atoms with E-state index in [-0.39, 0.29) is 11.3 Å². The maximum absolute atomic E-state index is 11.5. The van der Waals surface area contributed by atoms with Crippen molar-refractivity contribution < 1.29 is 15.0 Å². The first kappa shape index (κ1) is 13.4. The van der Waals surface area contributed by atoms with E-state index >= 15 is 0 Å². The molecule has 112 valence electrons. The molecule has 0 aliphatic heterocycles. The van der Waals surface area contributed by atoms with Crippen molar-refractivity contribution in [2.24, 2.45) is 0 Å². The summed E-state index contributed by atoms with van der Waals surface area (Å²) in [6.07, 6.45) is 0. The van der Waals surface area contributed by atoms with Gasteiger partial charge in [-0.15, -0.1) is 0 Å². The molecule has 4 nitrogen and oxygen atoms in total. The zero-order valence-electron chi connectivity index (χ0n) is 12.1. The number of carboxylic acid groups (broad SMARTS) is 1. The minimum Gasteiger partial charge on any atom is -0.508 e. The van der Waals surface area contributed by atoms with Crippen LogP contribution in [0, 0.1) is 0 Å². The van der Waals surface area contributed by atoms with Crippen molar-refractivity contribution in [2.75, 3.05) is 0 Å². The summed E-state index contributed by atoms with van der Waals surface area (Å²) >= 11 is 0. The molecular weight excluding hydrogens is 290 g/mol. The molecule has 4 rings (SSSR count). The molecule has 0 saturated heterocycles. The van der Waals surface area contributed by atoms with Crippen LogP contribution < -0.4 is 0 Å². The second-order valence-corrected chi connectivity index (χ2v) is 5.43. The lowest BCUT2D eigenvalue weighted by molar-refractivity contribution is 0.0697. The van der Waals surface area contributed by atoms with E-state index < -0.39 is 5.97 Å². The van der Waals surface area contributed by atoms with E-state index in [1.54, 1.807) is 24.3 Å². The molecule has 0 unspecified atom stereocenters. The summed E-state index contributed by atoms with van der Waals surface area (Å²) in [6, 6.07) is 17.9. The molecule has 0 bridgehead atoms. The fraction of sp³-hybridized carbons (Fsp3) is 0. The molecule has 4 aromatic rings. The van der Waals surface area contributed by atoms with E-state index in [2.05, 4.69) is 4.98 Å². The lowest BCUT2D eigenvalue weighted by Gasteiger charge is -2.08. The lowest BCUT2D eigenvalue weighted by Crippen LogP contribution is -1.99. The monoisotopic (exact) mass is 303 g/mol. The predicted octanol–water partition coefficient (Wildman–Crippen LogP) is 4.39. The number of carboxylic acids is 1. The number of fused-ring (bicyclic) bond motifs is 3. The largest absolute Gasteiger partial charge is 0.508 e. The Morgan fingerprint density at radius 1 is 0.870 bits per heavy atom. The van der Waals surface area contributed by atoms with Crippen LogP contribution in [0.3, 0.4) is 0 Å². The molecule has 3 aromatic carbocycles. The number of hydrogen-bond donors (Lipinski definition) is 3. The summed E-state index contributed by atoms with van der Waals surface area (Å²) in [5.74, 6) is -0.758. The number of nitrogens with one attached hydrogen (secondary N) is 1. The number of aromatic nitrogens is 1. The first-order valence-electron chi connectivity index (χ1n) is 7.21. The van der Waals surface area contributed by atoms with Gasteiger partial charge in [-0.3, -0.25) is 0 Å². The number of hydrogen-bond acceptors (Lipinski definition) is 2. The van der Waals surface area contributed by atoms with E-state index in [1.165, 1.54) is 0 Å². The summed E-state index contributed by atoms with van der Waals surface area (Å²) in [4.78, 5) is 14.8. The highest BCUT2D eigenvalue weighted by Gasteiger charge is 2.15. The van der Waals surface area contributed by atoms with Gasteiger partial charge in [0.1, 0.15) is 5.75 Å². The molecule has 0 radical (unpaired) electrons. The second-order valence-electron chi connectivity index (χ2n) is 5.43. The molecule has 3 N–H and O–H groups in total. The van der Waals surface area contributed by atoms with Crippen LogP contribution in [0.15, 0.2) is 60.7 Å². The quantitative estimate of drug-likeness (QED) is 0.514. The number of phenolic OH excluding ortho intramolecular Hbond substituents is 1. The van der Waals surface area contributed by atoms with Crippen LogP contribution in [-0.4, -0.2) is 21.2 Å². The number of benzene rings is 3. The number of phenols is 1. The van der Waals surface area contributed by atoms with E-state index in [1.807, 2.05) is 36.4 Å². The molecule has 4 heteroatoms. The third-order valence-electron chi connectivity index (χ3n) is 4.05. The molecule has 0 aliphatic rings. The fourth-order valence-electron chi connectivity index (χ4n) is 3.07. The summed E-state index contributed by atoms with van der Waals surface area (Å²) in [6.45, 7) is 0. The third kappa shape index (κ3) is 2.04. The van der Waals surface area contributed by atoms with Gasteiger partial charge in [0.15, 0.2) is 0 Å². The maximum atomic E-state index is 11.5. The highest BCUT2D eigenvalue weighted by Crippen LogP contribution is 2.36. The Kier molecular flexibility index (Phi) is 2.84. The number of H-pyrrole nitrogens is 1. The Balaban J connectivity index is 2.13. The number of aromatic hydroxyl groups is 1. The standard InChI is InChI=1S/C19H13NO3/c21-11-8-9-15-17(10-11)20-16-7-3-6-13(18(15)16)12-4-1-2-5-14(12)19(22)23/h1-10,20-21H,(H,22,23). The van der Waals surface area contributed by atoms with E-state index in [9.17, 15) is 15.0 Å². The molecule has 0 atom stereocenters. The molecule has 0 saturated carbocycles. The van der Waals surface area contributed by atoms with E-state index in [0.717, 1.165) is 27.4 Å². The Bertz CT molecular complexity index is 1060. The molecule has 0 aliphatic carbocycles. The van der Waals surface area contributed by atoms with Gasteiger partial charge in [0.2, 0.25) is 0 Å². The van der Waals surface area contributed by atoms with Crippen LogP contribution in [0.5, 0.6) is 5.75 Å². The van der Waals surface area contributed by atoms with Crippen LogP contribution in [0.25, 0.3) is 32.9 Å². The minimum atomic E-state index is -0.949. The van der Waals surface area contributed by atoms with Crippen LogP contribution in [0.4, 0.5) is 0 Å². The average Bonchev–Trinajstić information content (AvgIpc) is 2.92. The highest BCUT2D eigenvalue weighted by molar-refractivity contribution is 6.15. The van der Waals surface area contributed by atoms with Crippen molar-refractivity contribution in [3.05, 3.63) is 66.2 Å². The molecule has 0 amide bonds. The van der Waals surface area contributed by atoms with Gasteiger partial charge in [-0.05, 0) is 35.4 Å². The van der Waals surface area contributed by atoms with Crippen molar-refractivity contribution in [3.63, 3.8) is 0 Å². The Morgan fingerprint density at radius 3 is 2.48 bits per heavy atom. The maximum Gasteiger partial charge on any atom is 0.336 e. The van der Waals surface area contributed by atoms with Gasteiger partial charge in [-0.25, -0.2) is 4.79 Å². The SMILES string of the molecule is O=C(O)c1ccccc1-c1cccc2[nH]c3cc(O)ccc3c12. The van der Waals surface area contributed by atoms with Gasteiger partial charge >= 0.3 is 5.97 Å². The zero-order chi connectivity index (χ0) is 16.0. The van der Waals surface area contributed by atoms with Crippen molar-refractivity contribution in [1.29, 1.82) is 0 Å². The number of rotatable bonds is 2. The molecule has 23 heavy (non-hydrogen) atoms. The molecule has 0 fully saturated rings. The first-order chi connectivity index (χ1) is 11.1. The molecule has 1 aromatic heterocycles. The Hall–Kier alpha value is -3.27. The van der Waals surface area contributed by atoms with E-state index in [4.69, 9.17) is 0 Å². The van der Waals surface area contributed by atoms with Gasteiger partial charge < -0.3 is 15.2 Å².